The highest BCUT2D eigenvalue weighted by atomic mass is 32.2. The molecule has 1 saturated heterocycles. The first-order chi connectivity index (χ1) is 8.18. The standard InChI is InChI=1S/C14H24N2S/c1-11-8-13(12(2)16(11)3)9-15-10-14-6-4-5-7-17-14/h8,14-15H,4-7,9-10H2,1-3H3. The third-order valence-corrected chi connectivity index (χ3v) is 5.24. The lowest BCUT2D eigenvalue weighted by Crippen LogP contribution is -2.26. The molecule has 2 nitrogen and oxygen atoms in total. The van der Waals surface area contributed by atoms with Crippen LogP contribution in [-0.4, -0.2) is 22.1 Å². The molecule has 0 amide bonds. The Bertz CT molecular complexity index is 365. The molecule has 1 aliphatic heterocycles. The molecule has 0 saturated carbocycles. The SMILES string of the molecule is Cc1cc(CNCC2CCCCS2)c(C)n1C. The molecule has 0 aliphatic carbocycles. The van der Waals surface area contributed by atoms with Crippen molar-refractivity contribution in [1.29, 1.82) is 0 Å². The van der Waals surface area contributed by atoms with Gasteiger partial charge in [-0.1, -0.05) is 6.42 Å². The van der Waals surface area contributed by atoms with E-state index in [9.17, 15) is 0 Å². The molecule has 1 aliphatic rings. The van der Waals surface area contributed by atoms with Crippen LogP contribution in [0.5, 0.6) is 0 Å². The van der Waals surface area contributed by atoms with Crippen molar-refractivity contribution in [1.82, 2.24) is 9.88 Å². The van der Waals surface area contributed by atoms with Gasteiger partial charge in [0.1, 0.15) is 0 Å². The lowest BCUT2D eigenvalue weighted by Gasteiger charge is -2.21. The van der Waals surface area contributed by atoms with Crippen molar-refractivity contribution in [3.05, 3.63) is 23.0 Å². The summed E-state index contributed by atoms with van der Waals surface area (Å²) in [6.07, 6.45) is 4.23. The molecule has 1 atom stereocenters. The molecular formula is C14H24N2S. The molecule has 1 aromatic rings. The van der Waals surface area contributed by atoms with E-state index in [-0.39, 0.29) is 0 Å². The highest BCUT2D eigenvalue weighted by Crippen LogP contribution is 2.24. The van der Waals surface area contributed by atoms with Crippen LogP contribution in [-0.2, 0) is 13.6 Å². The molecule has 1 aromatic heterocycles. The summed E-state index contributed by atoms with van der Waals surface area (Å²) in [5.74, 6) is 1.36. The van der Waals surface area contributed by atoms with Crippen LogP contribution in [0.1, 0.15) is 36.2 Å². The first kappa shape index (κ1) is 13.0. The van der Waals surface area contributed by atoms with Gasteiger partial charge in [-0.05, 0) is 44.1 Å². The fourth-order valence-corrected chi connectivity index (χ4v) is 3.72. The number of aromatic nitrogens is 1. The maximum absolute atomic E-state index is 3.62. The Hall–Kier alpha value is -0.410. The molecule has 96 valence electrons. The molecule has 1 unspecified atom stereocenters. The number of hydrogen-bond donors (Lipinski definition) is 1. The predicted molar refractivity (Wildman–Crippen MR) is 76.7 cm³/mol. The zero-order valence-electron chi connectivity index (χ0n) is 11.3. The van der Waals surface area contributed by atoms with E-state index in [1.165, 1.54) is 42.0 Å². The van der Waals surface area contributed by atoms with Crippen molar-refractivity contribution in [2.24, 2.45) is 7.05 Å². The van der Waals surface area contributed by atoms with E-state index in [4.69, 9.17) is 0 Å². The van der Waals surface area contributed by atoms with Gasteiger partial charge in [-0.3, -0.25) is 0 Å². The maximum atomic E-state index is 3.62. The molecule has 2 rings (SSSR count). The minimum absolute atomic E-state index is 0.842. The summed E-state index contributed by atoms with van der Waals surface area (Å²) in [7, 11) is 2.14. The van der Waals surface area contributed by atoms with E-state index >= 15 is 0 Å². The van der Waals surface area contributed by atoms with Crippen LogP contribution in [0.2, 0.25) is 0 Å². The second kappa shape index (κ2) is 5.96. The molecular weight excluding hydrogens is 228 g/mol. The highest BCUT2D eigenvalue weighted by Gasteiger charge is 2.13. The van der Waals surface area contributed by atoms with Gasteiger partial charge in [-0.15, -0.1) is 0 Å². The van der Waals surface area contributed by atoms with E-state index in [1.54, 1.807) is 0 Å². The van der Waals surface area contributed by atoms with Crippen LogP contribution in [0.4, 0.5) is 0 Å². The number of thioether (sulfide) groups is 1. The molecule has 17 heavy (non-hydrogen) atoms. The minimum atomic E-state index is 0.842. The van der Waals surface area contributed by atoms with Gasteiger partial charge in [-0.2, -0.15) is 11.8 Å². The normalized spacial score (nSPS) is 20.8. The van der Waals surface area contributed by atoms with Crippen LogP contribution < -0.4 is 5.32 Å². The van der Waals surface area contributed by atoms with Crippen molar-refractivity contribution in [2.75, 3.05) is 12.3 Å². The van der Waals surface area contributed by atoms with Crippen molar-refractivity contribution < 1.29 is 0 Å². The Balaban J connectivity index is 1.79. The van der Waals surface area contributed by atoms with Crippen molar-refractivity contribution >= 4 is 11.8 Å². The van der Waals surface area contributed by atoms with Crippen LogP contribution >= 0.6 is 11.8 Å². The Morgan fingerprint density at radius 3 is 2.82 bits per heavy atom. The summed E-state index contributed by atoms with van der Waals surface area (Å²) >= 11 is 2.14. The Morgan fingerprint density at radius 1 is 1.41 bits per heavy atom. The average Bonchev–Trinajstić information content (AvgIpc) is 2.59. The molecule has 0 spiro atoms. The van der Waals surface area contributed by atoms with Gasteiger partial charge in [0.2, 0.25) is 0 Å². The fraction of sp³-hybridized carbons (Fsp3) is 0.714. The summed E-state index contributed by atoms with van der Waals surface area (Å²) in [5, 5.41) is 4.46. The maximum Gasteiger partial charge on any atom is 0.0223 e. The molecule has 0 radical (unpaired) electrons. The first-order valence-corrected chi connectivity index (χ1v) is 7.67. The summed E-state index contributed by atoms with van der Waals surface area (Å²) < 4.78 is 2.27. The van der Waals surface area contributed by atoms with Gasteiger partial charge in [0.25, 0.3) is 0 Å². The van der Waals surface area contributed by atoms with E-state index in [2.05, 4.69) is 48.6 Å². The lowest BCUT2D eigenvalue weighted by molar-refractivity contribution is 0.596. The summed E-state index contributed by atoms with van der Waals surface area (Å²) in [5.41, 5.74) is 4.20. The smallest absolute Gasteiger partial charge is 0.0223 e. The summed E-state index contributed by atoms with van der Waals surface area (Å²) in [4.78, 5) is 0. The molecule has 1 N–H and O–H groups in total. The quantitative estimate of drug-likeness (QED) is 0.887. The molecule has 0 aromatic carbocycles. The lowest BCUT2D eigenvalue weighted by atomic mass is 10.2. The van der Waals surface area contributed by atoms with Crippen molar-refractivity contribution in [2.45, 2.75) is 44.9 Å². The van der Waals surface area contributed by atoms with E-state index in [0.717, 1.165) is 18.3 Å². The van der Waals surface area contributed by atoms with Crippen LogP contribution in [0.15, 0.2) is 6.07 Å². The highest BCUT2D eigenvalue weighted by molar-refractivity contribution is 7.99. The van der Waals surface area contributed by atoms with Gasteiger partial charge >= 0.3 is 0 Å². The fourth-order valence-electron chi connectivity index (χ4n) is 2.45. The Kier molecular flexibility index (Phi) is 4.57. The third-order valence-electron chi connectivity index (χ3n) is 3.84. The zero-order valence-corrected chi connectivity index (χ0v) is 12.1. The number of nitrogens with zero attached hydrogens (tertiary/aromatic N) is 1. The Labute approximate surface area is 109 Å². The number of rotatable bonds is 4. The van der Waals surface area contributed by atoms with E-state index in [0.29, 0.717) is 0 Å². The van der Waals surface area contributed by atoms with Gasteiger partial charge in [0, 0.05) is 36.8 Å². The van der Waals surface area contributed by atoms with Gasteiger partial charge in [0.05, 0.1) is 0 Å². The zero-order chi connectivity index (χ0) is 12.3. The van der Waals surface area contributed by atoms with E-state index < -0.39 is 0 Å². The van der Waals surface area contributed by atoms with E-state index in [1.807, 2.05) is 0 Å². The molecule has 0 bridgehead atoms. The largest absolute Gasteiger partial charge is 0.352 e. The van der Waals surface area contributed by atoms with Crippen LogP contribution in [0, 0.1) is 13.8 Å². The summed E-state index contributed by atoms with van der Waals surface area (Å²) in [6, 6.07) is 2.30. The number of aryl methyl sites for hydroxylation is 1. The van der Waals surface area contributed by atoms with Gasteiger partial charge in [-0.25, -0.2) is 0 Å². The minimum Gasteiger partial charge on any atom is -0.352 e. The molecule has 1 fully saturated rings. The average molecular weight is 252 g/mol. The third kappa shape index (κ3) is 3.29. The van der Waals surface area contributed by atoms with Crippen LogP contribution in [0.3, 0.4) is 0 Å². The topological polar surface area (TPSA) is 17.0 Å². The predicted octanol–water partition coefficient (Wildman–Crippen LogP) is 3.02. The summed E-state index contributed by atoms with van der Waals surface area (Å²) in [6.45, 7) is 6.56. The molecule has 3 heteroatoms. The second-order valence-corrected chi connectivity index (χ2v) is 6.48. The van der Waals surface area contributed by atoms with Crippen molar-refractivity contribution in [3.63, 3.8) is 0 Å². The monoisotopic (exact) mass is 252 g/mol. The number of nitrogens with one attached hydrogen (secondary N) is 1. The first-order valence-electron chi connectivity index (χ1n) is 6.62. The van der Waals surface area contributed by atoms with Crippen LogP contribution in [0.25, 0.3) is 0 Å². The van der Waals surface area contributed by atoms with Gasteiger partial charge in [0.15, 0.2) is 0 Å². The molecule has 2 heterocycles. The number of hydrogen-bond acceptors (Lipinski definition) is 2. The second-order valence-electron chi connectivity index (χ2n) is 5.07. The van der Waals surface area contributed by atoms with Crippen molar-refractivity contribution in [3.8, 4) is 0 Å². The van der Waals surface area contributed by atoms with Gasteiger partial charge < -0.3 is 9.88 Å². The Morgan fingerprint density at radius 2 is 2.24 bits per heavy atom.